The summed E-state index contributed by atoms with van der Waals surface area (Å²) < 4.78 is 7.24. The van der Waals surface area contributed by atoms with Crippen molar-refractivity contribution >= 4 is 51.7 Å². The molecule has 0 aliphatic carbocycles. The largest absolute Gasteiger partial charge is 0.394 e. The van der Waals surface area contributed by atoms with Crippen LogP contribution in [-0.4, -0.2) is 62.5 Å². The van der Waals surface area contributed by atoms with E-state index in [1.165, 1.54) is 16.2 Å². The Morgan fingerprint density at radius 1 is 1.35 bits per heavy atom. The van der Waals surface area contributed by atoms with Crippen LogP contribution < -0.4 is 10.9 Å². The SMILES string of the molecule is Cc1cccn2c(=O)c(/C=C3/SC(=S)N(CC(C)C)C3=O)c(NCCOCCO)nc12. The molecule has 0 bridgehead atoms. The van der Waals surface area contributed by atoms with Crippen LogP contribution >= 0.6 is 24.0 Å². The molecular formula is C21H26N4O4S2. The average molecular weight is 463 g/mol. The normalized spacial score (nSPS) is 15.6. The smallest absolute Gasteiger partial charge is 0.267 e. The van der Waals surface area contributed by atoms with Gasteiger partial charge in [-0.2, -0.15) is 0 Å². The van der Waals surface area contributed by atoms with E-state index < -0.39 is 0 Å². The molecule has 0 saturated carbocycles. The quantitative estimate of drug-likeness (QED) is 0.333. The molecule has 0 atom stereocenters. The number of carbonyl (C=O) groups is 1. The number of thiocarbonyl (C=S) groups is 1. The van der Waals surface area contributed by atoms with Crippen LogP contribution in [0.25, 0.3) is 11.7 Å². The second kappa shape index (κ2) is 10.4. The fourth-order valence-electron chi connectivity index (χ4n) is 3.14. The molecule has 1 aliphatic heterocycles. The van der Waals surface area contributed by atoms with Crippen molar-refractivity contribution in [1.82, 2.24) is 14.3 Å². The Morgan fingerprint density at radius 2 is 2.13 bits per heavy atom. The van der Waals surface area contributed by atoms with E-state index in [4.69, 9.17) is 22.1 Å². The van der Waals surface area contributed by atoms with Gasteiger partial charge >= 0.3 is 0 Å². The molecule has 2 aromatic heterocycles. The highest BCUT2D eigenvalue weighted by Gasteiger charge is 2.32. The first-order valence-corrected chi connectivity index (χ1v) is 11.3. The van der Waals surface area contributed by atoms with E-state index in [-0.39, 0.29) is 36.2 Å². The summed E-state index contributed by atoms with van der Waals surface area (Å²) in [5.41, 5.74) is 1.40. The molecule has 166 valence electrons. The first kappa shape index (κ1) is 23.4. The minimum absolute atomic E-state index is 0.0573. The summed E-state index contributed by atoms with van der Waals surface area (Å²) in [6, 6.07) is 3.67. The van der Waals surface area contributed by atoms with Crippen LogP contribution in [0, 0.1) is 12.8 Å². The first-order valence-electron chi connectivity index (χ1n) is 10.0. The number of aliphatic hydroxyl groups is 1. The molecule has 10 heteroatoms. The predicted molar refractivity (Wildman–Crippen MR) is 127 cm³/mol. The lowest BCUT2D eigenvalue weighted by Gasteiger charge is -2.16. The summed E-state index contributed by atoms with van der Waals surface area (Å²) in [5, 5.41) is 12.0. The Kier molecular flexibility index (Phi) is 7.82. The maximum atomic E-state index is 13.3. The van der Waals surface area contributed by atoms with E-state index >= 15 is 0 Å². The van der Waals surface area contributed by atoms with Crippen LogP contribution in [0.4, 0.5) is 5.82 Å². The molecule has 31 heavy (non-hydrogen) atoms. The molecule has 1 saturated heterocycles. The van der Waals surface area contributed by atoms with Gasteiger partial charge in [-0.15, -0.1) is 0 Å². The molecule has 0 unspecified atom stereocenters. The first-order chi connectivity index (χ1) is 14.8. The van der Waals surface area contributed by atoms with Gasteiger partial charge in [0.05, 0.1) is 30.3 Å². The number of fused-ring (bicyclic) bond motifs is 1. The molecule has 0 spiro atoms. The standard InChI is InChI=1S/C21H26N4O4S2/c1-13(2)12-25-20(28)16(31-21(25)30)11-15-17(22-6-9-29-10-8-26)23-18-14(3)5-4-7-24(18)19(15)27/h4-5,7,11,13,22,26H,6,8-10,12H2,1-3H3/b16-11+. The van der Waals surface area contributed by atoms with Gasteiger partial charge in [-0.25, -0.2) is 4.98 Å². The number of aryl methyl sites for hydroxylation is 1. The topological polar surface area (TPSA) is 96.2 Å². The van der Waals surface area contributed by atoms with Crippen molar-refractivity contribution in [1.29, 1.82) is 0 Å². The Morgan fingerprint density at radius 3 is 2.84 bits per heavy atom. The number of aromatic nitrogens is 2. The molecule has 1 aliphatic rings. The maximum absolute atomic E-state index is 13.3. The van der Waals surface area contributed by atoms with Crippen molar-refractivity contribution < 1.29 is 14.6 Å². The molecule has 3 rings (SSSR count). The number of ether oxygens (including phenoxy) is 1. The molecule has 1 amide bonds. The van der Waals surface area contributed by atoms with Crippen molar-refractivity contribution in [3.05, 3.63) is 44.7 Å². The highest BCUT2D eigenvalue weighted by atomic mass is 32.2. The molecule has 0 radical (unpaired) electrons. The lowest BCUT2D eigenvalue weighted by Crippen LogP contribution is -2.31. The number of nitrogens with zero attached hydrogens (tertiary/aromatic N) is 3. The molecule has 8 nitrogen and oxygen atoms in total. The van der Waals surface area contributed by atoms with Gasteiger partial charge in [0.15, 0.2) is 0 Å². The van der Waals surface area contributed by atoms with Gasteiger partial charge in [0.1, 0.15) is 15.8 Å². The van der Waals surface area contributed by atoms with Crippen LogP contribution in [0.15, 0.2) is 28.0 Å². The van der Waals surface area contributed by atoms with Crippen LogP contribution in [0.1, 0.15) is 25.0 Å². The Bertz CT molecular complexity index is 1080. The third kappa shape index (κ3) is 5.32. The average Bonchev–Trinajstić information content (AvgIpc) is 2.98. The summed E-state index contributed by atoms with van der Waals surface area (Å²) >= 11 is 6.57. The number of carbonyl (C=O) groups excluding carboxylic acids is 1. The lowest BCUT2D eigenvalue weighted by atomic mass is 10.2. The molecule has 0 aromatic carbocycles. The summed E-state index contributed by atoms with van der Waals surface area (Å²) in [6.45, 7) is 7.36. The second-order valence-electron chi connectivity index (χ2n) is 7.51. The zero-order valence-corrected chi connectivity index (χ0v) is 19.4. The van der Waals surface area contributed by atoms with Gasteiger partial charge in [0.25, 0.3) is 11.5 Å². The van der Waals surface area contributed by atoms with Gasteiger partial charge in [-0.05, 0) is 30.5 Å². The van der Waals surface area contributed by atoms with Crippen LogP contribution in [-0.2, 0) is 9.53 Å². The van der Waals surface area contributed by atoms with Crippen molar-refractivity contribution in [2.75, 3.05) is 38.2 Å². The highest BCUT2D eigenvalue weighted by molar-refractivity contribution is 8.26. The Labute approximate surface area is 190 Å². The minimum atomic E-state index is -0.276. The number of aliphatic hydroxyl groups excluding tert-OH is 1. The number of hydrogen-bond donors (Lipinski definition) is 2. The van der Waals surface area contributed by atoms with Gasteiger partial charge in [0, 0.05) is 19.3 Å². The number of pyridine rings is 1. The second-order valence-corrected chi connectivity index (χ2v) is 9.19. The van der Waals surface area contributed by atoms with E-state index in [1.807, 2.05) is 26.8 Å². The third-order valence-electron chi connectivity index (χ3n) is 4.56. The third-order valence-corrected chi connectivity index (χ3v) is 5.93. The van der Waals surface area contributed by atoms with Crippen molar-refractivity contribution in [3.8, 4) is 0 Å². The number of anilines is 1. The van der Waals surface area contributed by atoms with E-state index in [1.54, 1.807) is 23.2 Å². The van der Waals surface area contributed by atoms with Crippen molar-refractivity contribution in [3.63, 3.8) is 0 Å². The summed E-state index contributed by atoms with van der Waals surface area (Å²) in [6.07, 6.45) is 3.23. The van der Waals surface area contributed by atoms with Gasteiger partial charge in [-0.3, -0.25) is 18.9 Å². The molecule has 2 N–H and O–H groups in total. The fraction of sp³-hybridized carbons (Fsp3) is 0.429. The van der Waals surface area contributed by atoms with Crippen molar-refractivity contribution in [2.24, 2.45) is 5.92 Å². The van der Waals surface area contributed by atoms with Crippen LogP contribution in [0.3, 0.4) is 0 Å². The summed E-state index contributed by atoms with van der Waals surface area (Å²) in [4.78, 5) is 32.8. The number of nitrogens with one attached hydrogen (secondary N) is 1. The van der Waals surface area contributed by atoms with E-state index in [0.717, 1.165) is 5.56 Å². The Balaban J connectivity index is 2.01. The number of amides is 1. The van der Waals surface area contributed by atoms with E-state index in [0.29, 0.717) is 40.4 Å². The van der Waals surface area contributed by atoms with E-state index in [2.05, 4.69) is 10.3 Å². The lowest BCUT2D eigenvalue weighted by molar-refractivity contribution is -0.122. The molecule has 1 fully saturated rings. The zero-order valence-electron chi connectivity index (χ0n) is 17.8. The highest BCUT2D eigenvalue weighted by Crippen LogP contribution is 2.33. The van der Waals surface area contributed by atoms with Gasteiger partial charge in [-0.1, -0.05) is 43.9 Å². The molecule has 2 aromatic rings. The zero-order chi connectivity index (χ0) is 22.5. The maximum Gasteiger partial charge on any atom is 0.267 e. The number of rotatable bonds is 9. The molecule has 3 heterocycles. The predicted octanol–water partition coefficient (Wildman–Crippen LogP) is 2.28. The van der Waals surface area contributed by atoms with Gasteiger partial charge < -0.3 is 15.2 Å². The number of thioether (sulfide) groups is 1. The number of hydrogen-bond acceptors (Lipinski definition) is 8. The minimum Gasteiger partial charge on any atom is -0.394 e. The summed E-state index contributed by atoms with van der Waals surface area (Å²) in [7, 11) is 0. The molecular weight excluding hydrogens is 436 g/mol. The van der Waals surface area contributed by atoms with Crippen LogP contribution in [0.2, 0.25) is 0 Å². The Hall–Kier alpha value is -2.27. The summed E-state index contributed by atoms with van der Waals surface area (Å²) in [5.74, 6) is 0.449. The van der Waals surface area contributed by atoms with E-state index in [9.17, 15) is 9.59 Å². The van der Waals surface area contributed by atoms with Gasteiger partial charge in [0.2, 0.25) is 0 Å². The van der Waals surface area contributed by atoms with Crippen molar-refractivity contribution in [2.45, 2.75) is 20.8 Å². The monoisotopic (exact) mass is 462 g/mol. The van der Waals surface area contributed by atoms with Crippen LogP contribution in [0.5, 0.6) is 0 Å². The fourth-order valence-corrected chi connectivity index (χ4v) is 4.40.